The minimum Gasteiger partial charge on any atom is -0.345 e. The molecule has 7 nitrogen and oxygen atoms in total. The number of anilines is 1. The molecule has 0 bridgehead atoms. The SMILES string of the molecule is CCc1ccccc1NS(=O)(=O)c1cc(-c2nc(C)c(C(=O)N3CCCCC3)s2)n(C)c1C. The van der Waals surface area contributed by atoms with Gasteiger partial charge in [-0.2, -0.15) is 0 Å². The fraction of sp³-hybridized carbons (Fsp3) is 0.417. The molecule has 0 radical (unpaired) electrons. The van der Waals surface area contributed by atoms with Crippen molar-refractivity contribution in [2.45, 2.75) is 51.3 Å². The fourth-order valence-corrected chi connectivity index (χ4v) is 6.70. The van der Waals surface area contributed by atoms with Crippen LogP contribution in [0.1, 0.15) is 52.8 Å². The first-order chi connectivity index (χ1) is 15.7. The van der Waals surface area contributed by atoms with Gasteiger partial charge in [0.15, 0.2) is 0 Å². The van der Waals surface area contributed by atoms with E-state index in [2.05, 4.69) is 9.71 Å². The molecule has 0 spiro atoms. The first-order valence-electron chi connectivity index (χ1n) is 11.3. The predicted molar refractivity (Wildman–Crippen MR) is 132 cm³/mol. The highest BCUT2D eigenvalue weighted by molar-refractivity contribution is 7.92. The van der Waals surface area contributed by atoms with E-state index in [4.69, 9.17) is 0 Å². The highest BCUT2D eigenvalue weighted by atomic mass is 32.2. The van der Waals surface area contributed by atoms with Crippen molar-refractivity contribution in [3.8, 4) is 10.7 Å². The molecule has 3 aromatic rings. The van der Waals surface area contributed by atoms with Crippen molar-refractivity contribution < 1.29 is 13.2 Å². The number of nitrogens with zero attached hydrogens (tertiary/aromatic N) is 3. The molecule has 1 aliphatic heterocycles. The van der Waals surface area contributed by atoms with Crippen LogP contribution < -0.4 is 4.72 Å². The molecule has 1 saturated heterocycles. The molecule has 0 atom stereocenters. The number of hydrogen-bond acceptors (Lipinski definition) is 5. The number of nitrogens with one attached hydrogen (secondary N) is 1. The number of hydrogen-bond donors (Lipinski definition) is 1. The number of para-hydroxylation sites is 1. The molecule has 1 aliphatic rings. The van der Waals surface area contributed by atoms with Gasteiger partial charge in [-0.05, 0) is 57.2 Å². The highest BCUT2D eigenvalue weighted by Crippen LogP contribution is 2.34. The second-order valence-corrected chi connectivity index (χ2v) is 11.1. The quantitative estimate of drug-likeness (QED) is 0.545. The zero-order chi connectivity index (χ0) is 23.8. The number of thiazole rings is 1. The molecule has 0 aliphatic carbocycles. The van der Waals surface area contributed by atoms with Gasteiger partial charge >= 0.3 is 0 Å². The topological polar surface area (TPSA) is 84.3 Å². The number of amides is 1. The molecular formula is C24H30N4O3S2. The summed E-state index contributed by atoms with van der Waals surface area (Å²) in [4.78, 5) is 20.4. The normalized spacial score (nSPS) is 14.5. The summed E-state index contributed by atoms with van der Waals surface area (Å²) in [7, 11) is -1.97. The van der Waals surface area contributed by atoms with Gasteiger partial charge in [0.25, 0.3) is 15.9 Å². The van der Waals surface area contributed by atoms with Crippen LogP contribution >= 0.6 is 11.3 Å². The van der Waals surface area contributed by atoms with E-state index >= 15 is 0 Å². The maximum Gasteiger partial charge on any atom is 0.265 e. The van der Waals surface area contributed by atoms with Gasteiger partial charge < -0.3 is 9.47 Å². The van der Waals surface area contributed by atoms with Gasteiger partial charge in [-0.15, -0.1) is 11.3 Å². The van der Waals surface area contributed by atoms with Crippen LogP contribution in [-0.4, -0.2) is 41.9 Å². The van der Waals surface area contributed by atoms with Crippen molar-refractivity contribution in [3.63, 3.8) is 0 Å². The molecule has 0 saturated carbocycles. The predicted octanol–water partition coefficient (Wildman–Crippen LogP) is 4.75. The maximum absolute atomic E-state index is 13.3. The first kappa shape index (κ1) is 23.5. The van der Waals surface area contributed by atoms with Crippen LogP contribution in [0.2, 0.25) is 0 Å². The lowest BCUT2D eigenvalue weighted by Gasteiger charge is -2.26. The van der Waals surface area contributed by atoms with E-state index in [-0.39, 0.29) is 10.8 Å². The Balaban J connectivity index is 1.67. The average molecular weight is 487 g/mol. The number of benzene rings is 1. The van der Waals surface area contributed by atoms with E-state index in [1.165, 1.54) is 11.3 Å². The van der Waals surface area contributed by atoms with E-state index in [0.717, 1.165) is 44.3 Å². The summed E-state index contributed by atoms with van der Waals surface area (Å²) < 4.78 is 31.1. The van der Waals surface area contributed by atoms with E-state index in [9.17, 15) is 13.2 Å². The van der Waals surface area contributed by atoms with Crippen LogP contribution in [0.25, 0.3) is 10.7 Å². The Hall–Kier alpha value is -2.65. The third-order valence-electron chi connectivity index (χ3n) is 6.27. The maximum atomic E-state index is 13.3. The van der Waals surface area contributed by atoms with E-state index in [1.54, 1.807) is 19.1 Å². The number of aromatic nitrogens is 2. The lowest BCUT2D eigenvalue weighted by atomic mass is 10.1. The molecule has 1 fully saturated rings. The molecule has 4 rings (SSSR count). The summed E-state index contributed by atoms with van der Waals surface area (Å²) in [6.45, 7) is 7.18. The summed E-state index contributed by atoms with van der Waals surface area (Å²) in [6, 6.07) is 9.06. The van der Waals surface area contributed by atoms with E-state index in [0.29, 0.717) is 32.7 Å². The number of carbonyl (C=O) groups is 1. The van der Waals surface area contributed by atoms with Crippen molar-refractivity contribution in [2.75, 3.05) is 17.8 Å². The summed E-state index contributed by atoms with van der Waals surface area (Å²) in [5.74, 6) is 0.0209. The van der Waals surface area contributed by atoms with Gasteiger partial charge in [-0.3, -0.25) is 9.52 Å². The minimum atomic E-state index is -3.79. The Morgan fingerprint density at radius 2 is 1.85 bits per heavy atom. The Morgan fingerprint density at radius 1 is 1.15 bits per heavy atom. The fourth-order valence-electron chi connectivity index (χ4n) is 4.22. The molecule has 9 heteroatoms. The number of sulfonamides is 1. The van der Waals surface area contributed by atoms with E-state index < -0.39 is 10.0 Å². The molecule has 0 unspecified atom stereocenters. The van der Waals surface area contributed by atoms with Crippen molar-refractivity contribution in [1.82, 2.24) is 14.5 Å². The average Bonchev–Trinajstić information content (AvgIpc) is 3.34. The Morgan fingerprint density at radius 3 is 2.55 bits per heavy atom. The van der Waals surface area contributed by atoms with E-state index in [1.807, 2.05) is 48.6 Å². The van der Waals surface area contributed by atoms with Gasteiger partial charge in [0.05, 0.1) is 17.1 Å². The molecule has 3 heterocycles. The number of rotatable bonds is 6. The number of likely N-dealkylation sites (tertiary alicyclic amines) is 1. The van der Waals surface area contributed by atoms with Gasteiger partial charge in [0.2, 0.25) is 0 Å². The zero-order valence-corrected chi connectivity index (χ0v) is 21.1. The minimum absolute atomic E-state index is 0.0209. The largest absolute Gasteiger partial charge is 0.345 e. The Bertz CT molecular complexity index is 1290. The second kappa shape index (κ2) is 9.30. The zero-order valence-electron chi connectivity index (χ0n) is 19.5. The summed E-state index contributed by atoms with van der Waals surface area (Å²) in [6.07, 6.45) is 3.95. The summed E-state index contributed by atoms with van der Waals surface area (Å²) in [5.41, 5.74) is 3.50. The second-order valence-electron chi connectivity index (χ2n) is 8.44. The number of aryl methyl sites for hydroxylation is 2. The van der Waals surface area contributed by atoms with Crippen LogP contribution in [0.5, 0.6) is 0 Å². The van der Waals surface area contributed by atoms with Gasteiger partial charge in [0, 0.05) is 25.8 Å². The lowest BCUT2D eigenvalue weighted by molar-refractivity contribution is 0.0728. The molecule has 33 heavy (non-hydrogen) atoms. The highest BCUT2D eigenvalue weighted by Gasteiger charge is 2.27. The molecule has 2 aromatic heterocycles. The van der Waals surface area contributed by atoms with Crippen molar-refractivity contribution in [2.24, 2.45) is 7.05 Å². The van der Waals surface area contributed by atoms with Crippen LogP contribution in [0.15, 0.2) is 35.2 Å². The van der Waals surface area contributed by atoms with Gasteiger partial charge in [-0.1, -0.05) is 25.1 Å². The standard InChI is InChI=1S/C24H30N4O3S2/c1-5-18-11-7-8-12-19(18)26-33(30,31)21-15-20(27(4)17(21)3)23-25-16(2)22(32-23)24(29)28-13-9-6-10-14-28/h7-8,11-12,15,26H,5-6,9-10,13-14H2,1-4H3. The third kappa shape index (κ3) is 4.56. The van der Waals surface area contributed by atoms with Crippen LogP contribution in [0.4, 0.5) is 5.69 Å². The number of carbonyl (C=O) groups excluding carboxylic acids is 1. The van der Waals surface area contributed by atoms with Gasteiger partial charge in [0.1, 0.15) is 14.8 Å². The molecule has 176 valence electrons. The van der Waals surface area contributed by atoms with Crippen LogP contribution in [-0.2, 0) is 23.5 Å². The smallest absolute Gasteiger partial charge is 0.265 e. The number of piperidine rings is 1. The molecule has 1 N–H and O–H groups in total. The van der Waals surface area contributed by atoms with Crippen LogP contribution in [0.3, 0.4) is 0 Å². The Labute approximate surface area is 199 Å². The monoisotopic (exact) mass is 486 g/mol. The van der Waals surface area contributed by atoms with Gasteiger partial charge in [-0.25, -0.2) is 13.4 Å². The first-order valence-corrected chi connectivity index (χ1v) is 13.6. The van der Waals surface area contributed by atoms with Crippen molar-refractivity contribution in [1.29, 1.82) is 0 Å². The Kier molecular flexibility index (Phi) is 6.63. The van der Waals surface area contributed by atoms with Crippen LogP contribution in [0, 0.1) is 13.8 Å². The van der Waals surface area contributed by atoms with Crippen molar-refractivity contribution >= 4 is 33.0 Å². The molecule has 1 amide bonds. The summed E-state index contributed by atoms with van der Waals surface area (Å²) in [5, 5.41) is 0.647. The summed E-state index contributed by atoms with van der Waals surface area (Å²) >= 11 is 1.33. The third-order valence-corrected chi connectivity index (χ3v) is 8.92. The van der Waals surface area contributed by atoms with Crippen molar-refractivity contribution in [3.05, 3.63) is 52.2 Å². The lowest BCUT2D eigenvalue weighted by Crippen LogP contribution is -2.35. The molecular weight excluding hydrogens is 456 g/mol. The molecule has 1 aromatic carbocycles.